The molecule has 0 spiro atoms. The molecule has 3 unspecified atom stereocenters. The van der Waals surface area contributed by atoms with Crippen LogP contribution in [0.5, 0.6) is 0 Å². The largest absolute Gasteiger partial charge is 0.309 e. The van der Waals surface area contributed by atoms with Crippen molar-refractivity contribution in [2.45, 2.75) is 58.5 Å². The van der Waals surface area contributed by atoms with Crippen LogP contribution in [0, 0.1) is 17.8 Å². The Morgan fingerprint density at radius 2 is 2.05 bits per heavy atom. The Balaban J connectivity index is 1.85. The third-order valence-electron chi connectivity index (χ3n) is 5.09. The minimum atomic E-state index is 0.483. The first kappa shape index (κ1) is 14.6. The Morgan fingerprint density at radius 1 is 1.35 bits per heavy atom. The zero-order valence-corrected chi connectivity index (χ0v) is 14.2. The third kappa shape index (κ3) is 2.57. The van der Waals surface area contributed by atoms with Crippen LogP contribution in [0.4, 0.5) is 0 Å². The van der Waals surface area contributed by atoms with Crippen LogP contribution in [0.15, 0.2) is 10.7 Å². The van der Waals surface area contributed by atoms with Gasteiger partial charge in [0, 0.05) is 6.54 Å². The van der Waals surface area contributed by atoms with E-state index in [2.05, 4.69) is 44.9 Å². The highest BCUT2D eigenvalue weighted by Crippen LogP contribution is 2.60. The van der Waals surface area contributed by atoms with E-state index in [4.69, 9.17) is 0 Å². The van der Waals surface area contributed by atoms with E-state index in [-0.39, 0.29) is 0 Å². The van der Waals surface area contributed by atoms with Crippen molar-refractivity contribution in [3.05, 3.63) is 16.4 Å². The Morgan fingerprint density at radius 3 is 2.65 bits per heavy atom. The number of nitrogens with one attached hydrogen (secondary N) is 1. The molecule has 1 heterocycles. The Labute approximate surface area is 130 Å². The molecule has 0 aliphatic heterocycles. The molecule has 0 amide bonds. The molecule has 2 saturated carbocycles. The van der Waals surface area contributed by atoms with Gasteiger partial charge in [0.1, 0.15) is 0 Å². The van der Waals surface area contributed by atoms with Gasteiger partial charge in [-0.05, 0) is 59.5 Å². The highest BCUT2D eigenvalue weighted by Gasteiger charge is 2.55. The van der Waals surface area contributed by atoms with Crippen LogP contribution in [0.1, 0.15) is 57.7 Å². The van der Waals surface area contributed by atoms with Gasteiger partial charge in [-0.2, -0.15) is 5.10 Å². The smallest absolute Gasteiger partial charge is 0.0698 e. The molecular formula is C16H26BrN3. The standard InChI is InChI=1S/C16H26BrN3/c1-3-9-20-16(13(17)10-19-20)15(18-4-2)14-11-7-5-6-8-12(11)14/h10-12,14-15,18H,3-9H2,1-2H3. The number of aromatic nitrogens is 2. The summed E-state index contributed by atoms with van der Waals surface area (Å²) in [6.07, 6.45) is 8.87. The quantitative estimate of drug-likeness (QED) is 0.843. The second kappa shape index (κ2) is 6.18. The van der Waals surface area contributed by atoms with Crippen LogP contribution >= 0.6 is 15.9 Å². The van der Waals surface area contributed by atoms with Gasteiger partial charge in [-0.1, -0.05) is 26.7 Å². The SMILES string of the molecule is CCCn1ncc(Br)c1C(NCC)C1C2CCCCC21. The third-order valence-corrected chi connectivity index (χ3v) is 5.71. The number of hydrogen-bond donors (Lipinski definition) is 1. The molecule has 0 bridgehead atoms. The van der Waals surface area contributed by atoms with Crippen LogP contribution in [0.3, 0.4) is 0 Å². The van der Waals surface area contributed by atoms with E-state index in [9.17, 15) is 0 Å². The second-order valence-electron chi connectivity index (χ2n) is 6.33. The normalized spacial score (nSPS) is 30.1. The first-order valence-electron chi connectivity index (χ1n) is 8.22. The molecule has 1 aromatic heterocycles. The molecule has 1 N–H and O–H groups in total. The van der Waals surface area contributed by atoms with Crippen LogP contribution in [0.2, 0.25) is 0 Å². The molecule has 0 saturated heterocycles. The van der Waals surface area contributed by atoms with Crippen molar-refractivity contribution in [2.75, 3.05) is 6.54 Å². The Hall–Kier alpha value is -0.350. The Kier molecular flexibility index (Phi) is 4.51. The van der Waals surface area contributed by atoms with Crippen molar-refractivity contribution in [2.24, 2.45) is 17.8 Å². The molecule has 1 aromatic rings. The number of aryl methyl sites for hydroxylation is 1. The number of hydrogen-bond acceptors (Lipinski definition) is 2. The number of fused-ring (bicyclic) bond motifs is 1. The summed E-state index contributed by atoms with van der Waals surface area (Å²) in [5.41, 5.74) is 1.38. The lowest BCUT2D eigenvalue weighted by Crippen LogP contribution is -2.27. The highest BCUT2D eigenvalue weighted by atomic mass is 79.9. The summed E-state index contributed by atoms with van der Waals surface area (Å²) in [5.74, 6) is 2.76. The van der Waals surface area contributed by atoms with Gasteiger partial charge in [0.05, 0.1) is 22.4 Å². The van der Waals surface area contributed by atoms with E-state index in [1.807, 2.05) is 6.20 Å². The van der Waals surface area contributed by atoms with Gasteiger partial charge in [-0.15, -0.1) is 0 Å². The molecule has 2 fully saturated rings. The fourth-order valence-electron chi connectivity index (χ4n) is 4.25. The summed E-state index contributed by atoms with van der Waals surface area (Å²) in [6, 6.07) is 0.483. The first-order valence-corrected chi connectivity index (χ1v) is 9.01. The van der Waals surface area contributed by atoms with Gasteiger partial charge in [-0.3, -0.25) is 4.68 Å². The fraction of sp³-hybridized carbons (Fsp3) is 0.812. The van der Waals surface area contributed by atoms with E-state index < -0.39 is 0 Å². The molecule has 4 heteroatoms. The minimum absolute atomic E-state index is 0.483. The van der Waals surface area contributed by atoms with Crippen molar-refractivity contribution < 1.29 is 0 Å². The summed E-state index contributed by atoms with van der Waals surface area (Å²) in [5, 5.41) is 8.32. The summed E-state index contributed by atoms with van der Waals surface area (Å²) in [4.78, 5) is 0. The maximum atomic E-state index is 4.57. The fourth-order valence-corrected chi connectivity index (χ4v) is 4.79. The molecular weight excluding hydrogens is 314 g/mol. The molecule has 3 nitrogen and oxygen atoms in total. The Bertz CT molecular complexity index is 445. The van der Waals surface area contributed by atoms with Crippen molar-refractivity contribution in [1.29, 1.82) is 0 Å². The predicted octanol–water partition coefficient (Wildman–Crippen LogP) is 4.14. The lowest BCUT2D eigenvalue weighted by atomic mass is 10.0. The van der Waals surface area contributed by atoms with Crippen molar-refractivity contribution in [1.82, 2.24) is 15.1 Å². The molecule has 112 valence electrons. The highest BCUT2D eigenvalue weighted by molar-refractivity contribution is 9.10. The van der Waals surface area contributed by atoms with Gasteiger partial charge in [0.25, 0.3) is 0 Å². The zero-order valence-electron chi connectivity index (χ0n) is 12.6. The summed E-state index contributed by atoms with van der Waals surface area (Å²) in [7, 11) is 0. The van der Waals surface area contributed by atoms with Gasteiger partial charge in [0.2, 0.25) is 0 Å². The molecule has 0 radical (unpaired) electrons. The van der Waals surface area contributed by atoms with Crippen LogP contribution in [-0.2, 0) is 6.54 Å². The zero-order chi connectivity index (χ0) is 14.1. The molecule has 2 aliphatic rings. The van der Waals surface area contributed by atoms with Crippen molar-refractivity contribution in [3.63, 3.8) is 0 Å². The van der Waals surface area contributed by atoms with Crippen LogP contribution in [-0.4, -0.2) is 16.3 Å². The minimum Gasteiger partial charge on any atom is -0.309 e. The van der Waals surface area contributed by atoms with Crippen molar-refractivity contribution >= 4 is 15.9 Å². The van der Waals surface area contributed by atoms with E-state index in [1.54, 1.807) is 0 Å². The maximum Gasteiger partial charge on any atom is 0.0698 e. The molecule has 3 atom stereocenters. The molecule has 0 aromatic carbocycles. The van der Waals surface area contributed by atoms with Crippen LogP contribution in [0.25, 0.3) is 0 Å². The van der Waals surface area contributed by atoms with E-state index in [1.165, 1.54) is 35.8 Å². The van der Waals surface area contributed by atoms with Gasteiger partial charge in [0.15, 0.2) is 0 Å². The molecule has 20 heavy (non-hydrogen) atoms. The van der Waals surface area contributed by atoms with E-state index >= 15 is 0 Å². The summed E-state index contributed by atoms with van der Waals surface area (Å²) >= 11 is 3.73. The second-order valence-corrected chi connectivity index (χ2v) is 7.18. The number of rotatable bonds is 6. The number of halogens is 1. The average molecular weight is 340 g/mol. The summed E-state index contributed by atoms with van der Waals surface area (Å²) < 4.78 is 3.39. The van der Waals surface area contributed by atoms with Crippen molar-refractivity contribution in [3.8, 4) is 0 Å². The predicted molar refractivity (Wildman–Crippen MR) is 85.6 cm³/mol. The number of nitrogens with zero attached hydrogens (tertiary/aromatic N) is 2. The van der Waals surface area contributed by atoms with Gasteiger partial charge >= 0.3 is 0 Å². The maximum absolute atomic E-state index is 4.57. The van der Waals surface area contributed by atoms with Crippen LogP contribution < -0.4 is 5.32 Å². The van der Waals surface area contributed by atoms with Gasteiger partial charge < -0.3 is 5.32 Å². The van der Waals surface area contributed by atoms with E-state index in [0.717, 1.165) is 37.3 Å². The van der Waals surface area contributed by atoms with Gasteiger partial charge in [-0.25, -0.2) is 0 Å². The topological polar surface area (TPSA) is 29.9 Å². The lowest BCUT2D eigenvalue weighted by Gasteiger charge is -2.21. The first-order chi connectivity index (χ1) is 9.77. The lowest BCUT2D eigenvalue weighted by molar-refractivity contribution is 0.414. The average Bonchev–Trinajstić information content (AvgIpc) is 3.07. The molecule has 2 aliphatic carbocycles. The van der Waals surface area contributed by atoms with E-state index in [0.29, 0.717) is 6.04 Å². The summed E-state index contributed by atoms with van der Waals surface area (Å²) in [6.45, 7) is 6.49. The molecule has 3 rings (SSSR count). The monoisotopic (exact) mass is 339 g/mol.